The van der Waals surface area contributed by atoms with Gasteiger partial charge in [-0.05, 0) is 24.6 Å². The molecule has 1 amide bonds. The highest BCUT2D eigenvalue weighted by atomic mass is 32.2. The Labute approximate surface area is 112 Å². The van der Waals surface area contributed by atoms with Gasteiger partial charge in [-0.1, -0.05) is 6.07 Å². The van der Waals surface area contributed by atoms with Crippen molar-refractivity contribution in [3.8, 4) is 0 Å². The van der Waals surface area contributed by atoms with Crippen LogP contribution in [0.25, 0.3) is 0 Å². The Morgan fingerprint density at radius 1 is 1.44 bits per heavy atom. The molecule has 1 rings (SSSR count). The van der Waals surface area contributed by atoms with Crippen LogP contribution >= 0.6 is 11.8 Å². The van der Waals surface area contributed by atoms with E-state index in [2.05, 4.69) is 5.32 Å². The van der Waals surface area contributed by atoms with Crippen LogP contribution < -0.4 is 11.1 Å². The number of nitrogens with two attached hydrogens (primary N) is 1. The molecular weight excluding hydrogens is 248 g/mol. The van der Waals surface area contributed by atoms with Gasteiger partial charge in [-0.2, -0.15) is 11.8 Å². The van der Waals surface area contributed by atoms with Crippen molar-refractivity contribution in [3.05, 3.63) is 23.8 Å². The first-order chi connectivity index (χ1) is 8.63. The lowest BCUT2D eigenvalue weighted by Gasteiger charge is -2.09. The number of hydrogen-bond donors (Lipinski definition) is 2. The summed E-state index contributed by atoms with van der Waals surface area (Å²) in [6, 6.07) is 5.51. The van der Waals surface area contributed by atoms with Gasteiger partial charge >= 0.3 is 0 Å². The van der Waals surface area contributed by atoms with E-state index in [1.54, 1.807) is 24.9 Å². The number of benzene rings is 1. The quantitative estimate of drug-likeness (QED) is 0.588. The summed E-state index contributed by atoms with van der Waals surface area (Å²) in [5.41, 5.74) is 8.16. The van der Waals surface area contributed by atoms with Crippen LogP contribution in [0.2, 0.25) is 0 Å². The third-order valence-electron chi connectivity index (χ3n) is 2.44. The molecule has 4 nitrogen and oxygen atoms in total. The number of hydrogen-bond acceptors (Lipinski definition) is 4. The van der Waals surface area contributed by atoms with E-state index in [0.29, 0.717) is 12.1 Å². The second-order valence-electron chi connectivity index (χ2n) is 3.98. The summed E-state index contributed by atoms with van der Waals surface area (Å²) in [4.78, 5) is 11.7. The van der Waals surface area contributed by atoms with Gasteiger partial charge in [-0.15, -0.1) is 0 Å². The summed E-state index contributed by atoms with van der Waals surface area (Å²) >= 11 is 1.71. The SMILES string of the molecule is COCCSCCC(=O)Nc1cc(N)ccc1C. The Bertz CT molecular complexity index is 397. The summed E-state index contributed by atoms with van der Waals surface area (Å²) in [5, 5.41) is 2.88. The van der Waals surface area contributed by atoms with E-state index in [0.717, 1.165) is 29.4 Å². The number of carbonyl (C=O) groups is 1. The van der Waals surface area contributed by atoms with Crippen LogP contribution in [0.5, 0.6) is 0 Å². The molecule has 0 spiro atoms. The van der Waals surface area contributed by atoms with Crippen molar-refractivity contribution in [1.82, 2.24) is 0 Å². The summed E-state index contributed by atoms with van der Waals surface area (Å²) in [5.74, 6) is 1.74. The topological polar surface area (TPSA) is 64.3 Å². The van der Waals surface area contributed by atoms with Crippen molar-refractivity contribution in [2.24, 2.45) is 0 Å². The van der Waals surface area contributed by atoms with E-state index >= 15 is 0 Å². The fourth-order valence-electron chi connectivity index (χ4n) is 1.40. The van der Waals surface area contributed by atoms with Crippen LogP contribution in [0.4, 0.5) is 11.4 Å². The predicted octanol–water partition coefficient (Wildman–Crippen LogP) is 2.29. The van der Waals surface area contributed by atoms with Crippen molar-refractivity contribution < 1.29 is 9.53 Å². The molecule has 0 atom stereocenters. The van der Waals surface area contributed by atoms with Gasteiger partial charge in [0.2, 0.25) is 5.91 Å². The molecule has 0 heterocycles. The molecule has 0 saturated heterocycles. The average Bonchev–Trinajstić information content (AvgIpc) is 2.33. The zero-order valence-corrected chi connectivity index (χ0v) is 11.7. The molecule has 0 saturated carbocycles. The molecule has 1 aromatic rings. The maximum Gasteiger partial charge on any atom is 0.225 e. The average molecular weight is 268 g/mol. The first-order valence-electron chi connectivity index (χ1n) is 5.86. The molecule has 0 fully saturated rings. The Hall–Kier alpha value is -1.20. The lowest BCUT2D eigenvalue weighted by atomic mass is 10.2. The molecule has 3 N–H and O–H groups in total. The smallest absolute Gasteiger partial charge is 0.225 e. The van der Waals surface area contributed by atoms with E-state index in [4.69, 9.17) is 10.5 Å². The molecular formula is C13H20N2O2S. The molecule has 100 valence electrons. The van der Waals surface area contributed by atoms with Gasteiger partial charge in [0.15, 0.2) is 0 Å². The van der Waals surface area contributed by atoms with Crippen LogP contribution in [0, 0.1) is 6.92 Å². The zero-order valence-electron chi connectivity index (χ0n) is 10.9. The maximum atomic E-state index is 11.7. The van der Waals surface area contributed by atoms with Crippen molar-refractivity contribution in [2.75, 3.05) is 36.3 Å². The lowest BCUT2D eigenvalue weighted by Crippen LogP contribution is -2.13. The zero-order chi connectivity index (χ0) is 13.4. The second-order valence-corrected chi connectivity index (χ2v) is 5.20. The van der Waals surface area contributed by atoms with Crippen LogP contribution in [-0.4, -0.2) is 31.1 Å². The minimum atomic E-state index is 0.0219. The number of rotatable bonds is 7. The van der Waals surface area contributed by atoms with E-state index in [-0.39, 0.29) is 5.91 Å². The van der Waals surface area contributed by atoms with Crippen molar-refractivity contribution in [2.45, 2.75) is 13.3 Å². The largest absolute Gasteiger partial charge is 0.399 e. The first kappa shape index (κ1) is 14.9. The molecule has 0 aliphatic heterocycles. The van der Waals surface area contributed by atoms with Gasteiger partial charge in [-0.3, -0.25) is 4.79 Å². The van der Waals surface area contributed by atoms with Gasteiger partial charge in [0, 0.05) is 36.4 Å². The number of carbonyl (C=O) groups excluding carboxylic acids is 1. The Kier molecular flexibility index (Phi) is 6.60. The standard InChI is InChI=1S/C13H20N2O2S/c1-10-3-4-11(14)9-12(10)15-13(16)5-7-18-8-6-17-2/h3-4,9H,5-8,14H2,1-2H3,(H,15,16). The number of aryl methyl sites for hydroxylation is 1. The number of ether oxygens (including phenoxy) is 1. The van der Waals surface area contributed by atoms with E-state index in [1.807, 2.05) is 19.1 Å². The monoisotopic (exact) mass is 268 g/mol. The Balaban J connectivity index is 2.33. The molecule has 18 heavy (non-hydrogen) atoms. The third kappa shape index (κ3) is 5.42. The van der Waals surface area contributed by atoms with Crippen molar-refractivity contribution >= 4 is 29.0 Å². The van der Waals surface area contributed by atoms with Gasteiger partial charge < -0.3 is 15.8 Å². The molecule has 0 bridgehead atoms. The van der Waals surface area contributed by atoms with Crippen LogP contribution in [0.3, 0.4) is 0 Å². The van der Waals surface area contributed by atoms with Gasteiger partial charge in [-0.25, -0.2) is 0 Å². The molecule has 5 heteroatoms. The number of nitrogen functional groups attached to an aromatic ring is 1. The van der Waals surface area contributed by atoms with E-state index in [1.165, 1.54) is 0 Å². The molecule has 0 unspecified atom stereocenters. The molecule has 0 aromatic heterocycles. The number of methoxy groups -OCH3 is 1. The lowest BCUT2D eigenvalue weighted by molar-refractivity contribution is -0.115. The summed E-state index contributed by atoms with van der Waals surface area (Å²) < 4.78 is 4.94. The Morgan fingerprint density at radius 3 is 2.94 bits per heavy atom. The van der Waals surface area contributed by atoms with Gasteiger partial charge in [0.05, 0.1) is 6.61 Å². The molecule has 0 aliphatic rings. The summed E-state index contributed by atoms with van der Waals surface area (Å²) in [7, 11) is 1.68. The van der Waals surface area contributed by atoms with Crippen LogP contribution in [0.1, 0.15) is 12.0 Å². The number of thioether (sulfide) groups is 1. The normalized spacial score (nSPS) is 10.3. The minimum Gasteiger partial charge on any atom is -0.399 e. The van der Waals surface area contributed by atoms with Gasteiger partial charge in [0.1, 0.15) is 0 Å². The highest BCUT2D eigenvalue weighted by molar-refractivity contribution is 7.99. The second kappa shape index (κ2) is 8.00. The highest BCUT2D eigenvalue weighted by Gasteiger charge is 2.05. The van der Waals surface area contributed by atoms with E-state index < -0.39 is 0 Å². The van der Waals surface area contributed by atoms with Gasteiger partial charge in [0.25, 0.3) is 0 Å². The molecule has 1 aromatic carbocycles. The fraction of sp³-hybridized carbons (Fsp3) is 0.462. The molecule has 0 aliphatic carbocycles. The van der Waals surface area contributed by atoms with E-state index in [9.17, 15) is 4.79 Å². The maximum absolute atomic E-state index is 11.7. The Morgan fingerprint density at radius 2 is 2.22 bits per heavy atom. The van der Waals surface area contributed by atoms with Crippen LogP contribution in [0.15, 0.2) is 18.2 Å². The summed E-state index contributed by atoms with van der Waals surface area (Å²) in [6.07, 6.45) is 0.503. The number of nitrogens with one attached hydrogen (secondary N) is 1. The summed E-state index contributed by atoms with van der Waals surface area (Å²) in [6.45, 7) is 2.67. The molecule has 0 radical (unpaired) electrons. The van der Waals surface area contributed by atoms with Crippen molar-refractivity contribution in [3.63, 3.8) is 0 Å². The number of anilines is 2. The first-order valence-corrected chi connectivity index (χ1v) is 7.01. The number of amides is 1. The predicted molar refractivity (Wildman–Crippen MR) is 78.0 cm³/mol. The van der Waals surface area contributed by atoms with Crippen LogP contribution in [-0.2, 0) is 9.53 Å². The van der Waals surface area contributed by atoms with Crippen molar-refractivity contribution in [1.29, 1.82) is 0 Å². The minimum absolute atomic E-state index is 0.0219. The highest BCUT2D eigenvalue weighted by Crippen LogP contribution is 2.18. The third-order valence-corrected chi connectivity index (χ3v) is 3.39. The fourth-order valence-corrected chi connectivity index (χ4v) is 2.21.